The molecule has 27 heavy (non-hydrogen) atoms. The average Bonchev–Trinajstić information content (AvgIpc) is 3.06. The summed E-state index contributed by atoms with van der Waals surface area (Å²) in [5.74, 6) is -0.696. The maximum absolute atomic E-state index is 12.8. The Morgan fingerprint density at radius 3 is 2.85 bits per heavy atom. The largest absolute Gasteiger partial charge is 0.489 e. The first-order valence-electron chi connectivity index (χ1n) is 8.38. The Kier molecular flexibility index (Phi) is 6.02. The van der Waals surface area contributed by atoms with Crippen molar-refractivity contribution in [2.24, 2.45) is 11.8 Å². The highest BCUT2D eigenvalue weighted by atomic mass is 127. The third-order valence-corrected chi connectivity index (χ3v) is 5.69. The molecule has 1 saturated carbocycles. The molecule has 1 aliphatic carbocycles. The summed E-state index contributed by atoms with van der Waals surface area (Å²) in [7, 11) is 0. The van der Waals surface area contributed by atoms with Crippen LogP contribution in [-0.4, -0.2) is 41.1 Å². The van der Waals surface area contributed by atoms with Crippen molar-refractivity contribution < 1.29 is 37.7 Å². The Bertz CT molecular complexity index is 736. The molecule has 2 N–H and O–H groups in total. The van der Waals surface area contributed by atoms with Crippen LogP contribution in [0.5, 0.6) is 5.75 Å². The van der Waals surface area contributed by atoms with E-state index in [2.05, 4.69) is 0 Å². The van der Waals surface area contributed by atoms with Crippen LogP contribution in [-0.2, 0) is 15.7 Å². The van der Waals surface area contributed by atoms with Crippen LogP contribution in [0.25, 0.3) is 0 Å². The lowest BCUT2D eigenvalue weighted by Crippen LogP contribution is -2.20. The second-order valence-electron chi connectivity index (χ2n) is 6.68. The van der Waals surface area contributed by atoms with Gasteiger partial charge in [-0.25, -0.2) is 0 Å². The quantitative estimate of drug-likeness (QED) is 0.371. The third kappa shape index (κ3) is 4.75. The summed E-state index contributed by atoms with van der Waals surface area (Å²) in [6.07, 6.45) is -2.87. The summed E-state index contributed by atoms with van der Waals surface area (Å²) >= 11 is 1.85. The van der Waals surface area contributed by atoms with Gasteiger partial charge in [0.25, 0.3) is 0 Å². The summed E-state index contributed by atoms with van der Waals surface area (Å²) in [5, 5.41) is 20.1. The Morgan fingerprint density at radius 2 is 2.15 bits per heavy atom. The van der Waals surface area contributed by atoms with Crippen LogP contribution in [0, 0.1) is 15.4 Å². The van der Waals surface area contributed by atoms with Crippen molar-refractivity contribution in [2.75, 3.05) is 6.61 Å². The van der Waals surface area contributed by atoms with Gasteiger partial charge in [-0.15, -0.1) is 0 Å². The molecule has 1 heterocycles. The third-order valence-electron chi connectivity index (χ3n) is 4.80. The number of hydrogen-bond donors (Lipinski definition) is 2. The maximum Gasteiger partial charge on any atom is 0.416 e. The molecule has 0 unspecified atom stereocenters. The molecular weight excluding hydrogens is 480 g/mol. The van der Waals surface area contributed by atoms with Gasteiger partial charge in [0.15, 0.2) is 0 Å². The molecule has 1 aromatic rings. The van der Waals surface area contributed by atoms with Gasteiger partial charge in [-0.05, 0) is 40.8 Å². The first-order chi connectivity index (χ1) is 12.6. The highest BCUT2D eigenvalue weighted by molar-refractivity contribution is 14.1. The van der Waals surface area contributed by atoms with Gasteiger partial charge in [0.2, 0.25) is 0 Å². The number of alkyl halides is 3. The molecule has 3 rings (SSSR count). The van der Waals surface area contributed by atoms with Crippen molar-refractivity contribution in [1.82, 2.24) is 0 Å². The van der Waals surface area contributed by atoms with E-state index in [-0.39, 0.29) is 42.7 Å². The van der Waals surface area contributed by atoms with E-state index in [1.165, 1.54) is 12.1 Å². The fraction of sp³-hybridized carbons (Fsp3) is 0.500. The summed E-state index contributed by atoms with van der Waals surface area (Å²) in [5.41, 5.74) is -0.825. The van der Waals surface area contributed by atoms with Gasteiger partial charge in [-0.2, -0.15) is 13.2 Å². The Balaban J connectivity index is 1.59. The molecule has 1 aliphatic heterocycles. The lowest BCUT2D eigenvalue weighted by molar-refractivity contribution is -0.142. The van der Waals surface area contributed by atoms with Crippen LogP contribution in [0.2, 0.25) is 0 Å². The normalized spacial score (nSPS) is 29.0. The van der Waals surface area contributed by atoms with E-state index in [9.17, 15) is 28.2 Å². The van der Waals surface area contributed by atoms with E-state index in [1.54, 1.807) is 6.08 Å². The molecule has 1 saturated heterocycles. The molecule has 0 spiro atoms. The van der Waals surface area contributed by atoms with E-state index in [4.69, 9.17) is 9.47 Å². The predicted molar refractivity (Wildman–Crippen MR) is 96.9 cm³/mol. The van der Waals surface area contributed by atoms with Crippen LogP contribution in [0.4, 0.5) is 13.2 Å². The Labute approximate surface area is 167 Å². The number of fused-ring (bicyclic) bond motifs is 1. The summed E-state index contributed by atoms with van der Waals surface area (Å²) in [6.45, 7) is -0.236. The second kappa shape index (κ2) is 7.96. The van der Waals surface area contributed by atoms with Crippen molar-refractivity contribution in [1.29, 1.82) is 0 Å². The van der Waals surface area contributed by atoms with Crippen LogP contribution in [0.15, 0.2) is 30.4 Å². The fourth-order valence-electron chi connectivity index (χ4n) is 3.46. The van der Waals surface area contributed by atoms with Crippen molar-refractivity contribution >= 4 is 28.6 Å². The molecule has 0 amide bonds. The van der Waals surface area contributed by atoms with Gasteiger partial charge in [0, 0.05) is 18.3 Å². The Morgan fingerprint density at radius 1 is 1.41 bits per heavy atom. The minimum atomic E-state index is -4.48. The van der Waals surface area contributed by atoms with Gasteiger partial charge in [0.05, 0.1) is 21.7 Å². The van der Waals surface area contributed by atoms with Gasteiger partial charge >= 0.3 is 12.1 Å². The van der Waals surface area contributed by atoms with Crippen LogP contribution in [0.3, 0.4) is 0 Å². The number of esters is 1. The number of aliphatic hydroxyl groups excluding tert-OH is 2. The lowest BCUT2D eigenvalue weighted by Gasteiger charge is -2.16. The molecule has 5 atom stereocenters. The SMILES string of the molecule is O=C1C[C@@H]2[C@@H](/C=C/[C@@H](O)COc3cc(C(F)(F)F)ccc3I)[C@H](O)C[C@@H]2O1. The van der Waals surface area contributed by atoms with Gasteiger partial charge < -0.3 is 19.7 Å². The number of rotatable bonds is 5. The van der Waals surface area contributed by atoms with E-state index < -0.39 is 23.9 Å². The topological polar surface area (TPSA) is 76.0 Å². The highest BCUT2D eigenvalue weighted by Crippen LogP contribution is 2.42. The average molecular weight is 498 g/mol. The van der Waals surface area contributed by atoms with E-state index in [0.29, 0.717) is 9.99 Å². The number of benzene rings is 1. The molecule has 2 aliphatic rings. The zero-order valence-electron chi connectivity index (χ0n) is 14.0. The minimum absolute atomic E-state index is 0.0358. The monoisotopic (exact) mass is 498 g/mol. The fourth-order valence-corrected chi connectivity index (χ4v) is 3.96. The van der Waals surface area contributed by atoms with E-state index >= 15 is 0 Å². The van der Waals surface area contributed by atoms with Crippen molar-refractivity contribution in [3.05, 3.63) is 39.5 Å². The van der Waals surface area contributed by atoms with Gasteiger partial charge in [-0.1, -0.05) is 12.2 Å². The molecular formula is C18H18F3IO5. The maximum atomic E-state index is 12.8. The molecule has 1 aromatic carbocycles. The summed E-state index contributed by atoms with van der Waals surface area (Å²) < 4.78 is 49.3. The van der Waals surface area contributed by atoms with Crippen LogP contribution >= 0.6 is 22.6 Å². The molecule has 5 nitrogen and oxygen atoms in total. The first-order valence-corrected chi connectivity index (χ1v) is 9.46. The van der Waals surface area contributed by atoms with Crippen molar-refractivity contribution in [2.45, 2.75) is 37.3 Å². The van der Waals surface area contributed by atoms with Crippen molar-refractivity contribution in [3.8, 4) is 5.75 Å². The lowest BCUT2D eigenvalue weighted by atomic mass is 9.91. The molecule has 9 heteroatoms. The van der Waals surface area contributed by atoms with E-state index in [0.717, 1.165) is 12.1 Å². The van der Waals surface area contributed by atoms with Crippen LogP contribution < -0.4 is 4.74 Å². The molecule has 0 bridgehead atoms. The van der Waals surface area contributed by atoms with Crippen molar-refractivity contribution in [3.63, 3.8) is 0 Å². The van der Waals surface area contributed by atoms with Gasteiger partial charge in [0.1, 0.15) is 24.6 Å². The number of halogens is 4. The highest BCUT2D eigenvalue weighted by Gasteiger charge is 2.48. The smallest absolute Gasteiger partial charge is 0.416 e. The first kappa shape index (κ1) is 20.4. The zero-order valence-corrected chi connectivity index (χ0v) is 16.2. The van der Waals surface area contributed by atoms with Crippen LogP contribution in [0.1, 0.15) is 18.4 Å². The summed E-state index contributed by atoms with van der Waals surface area (Å²) in [4.78, 5) is 11.4. The van der Waals surface area contributed by atoms with E-state index in [1.807, 2.05) is 22.6 Å². The molecule has 2 fully saturated rings. The van der Waals surface area contributed by atoms with Gasteiger partial charge in [-0.3, -0.25) is 4.79 Å². The second-order valence-corrected chi connectivity index (χ2v) is 7.85. The number of carbonyl (C=O) groups is 1. The molecule has 0 aromatic heterocycles. The number of aliphatic hydroxyl groups is 2. The Hall–Kier alpha value is -1.33. The zero-order chi connectivity index (χ0) is 19.8. The number of hydrogen-bond acceptors (Lipinski definition) is 5. The molecule has 0 radical (unpaired) electrons. The number of ether oxygens (including phenoxy) is 2. The predicted octanol–water partition coefficient (Wildman–Crippen LogP) is 2.92. The summed E-state index contributed by atoms with van der Waals surface area (Å²) in [6, 6.07) is 3.16. The molecule has 148 valence electrons. The minimum Gasteiger partial charge on any atom is -0.489 e. The number of carbonyl (C=O) groups excluding carboxylic acids is 1. The standard InChI is InChI=1S/C18H18F3IO5/c19-18(20,21)9-1-4-13(22)16(5-9)26-8-10(23)2-3-11-12-6-17(25)27-15(12)7-14(11)24/h1-5,10-12,14-15,23-24H,6-8H2/b3-2+/t10-,11-,12-,14-,15+/m1/s1.